The Labute approximate surface area is 116 Å². The SMILES string of the molecule is CC(C)Oc1ccc(N2CCCC(CCN)C2)cc1. The molecule has 1 aromatic carbocycles. The molecule has 0 bridgehead atoms. The molecule has 1 unspecified atom stereocenters. The second kappa shape index (κ2) is 6.80. The third kappa shape index (κ3) is 4.13. The van der Waals surface area contributed by atoms with Crippen LogP contribution in [0.2, 0.25) is 0 Å². The fraction of sp³-hybridized carbons (Fsp3) is 0.625. The summed E-state index contributed by atoms with van der Waals surface area (Å²) in [6.07, 6.45) is 3.97. The van der Waals surface area contributed by atoms with Gasteiger partial charge in [-0.05, 0) is 69.8 Å². The molecule has 3 heteroatoms. The van der Waals surface area contributed by atoms with Crippen LogP contribution in [-0.4, -0.2) is 25.7 Å². The van der Waals surface area contributed by atoms with Crippen LogP contribution in [0, 0.1) is 5.92 Å². The Kier molecular flexibility index (Phi) is 5.08. The van der Waals surface area contributed by atoms with Gasteiger partial charge in [-0.2, -0.15) is 0 Å². The number of piperidine rings is 1. The first-order chi connectivity index (χ1) is 9.19. The zero-order valence-corrected chi connectivity index (χ0v) is 12.1. The largest absolute Gasteiger partial charge is 0.491 e. The normalized spacial score (nSPS) is 19.8. The highest BCUT2D eigenvalue weighted by Gasteiger charge is 2.19. The van der Waals surface area contributed by atoms with Gasteiger partial charge in [-0.25, -0.2) is 0 Å². The minimum absolute atomic E-state index is 0.231. The average molecular weight is 262 g/mol. The van der Waals surface area contributed by atoms with E-state index in [4.69, 9.17) is 10.5 Å². The van der Waals surface area contributed by atoms with Crippen molar-refractivity contribution in [3.05, 3.63) is 24.3 Å². The summed E-state index contributed by atoms with van der Waals surface area (Å²) >= 11 is 0. The summed E-state index contributed by atoms with van der Waals surface area (Å²) in [5.74, 6) is 1.71. The first-order valence-corrected chi connectivity index (χ1v) is 7.40. The zero-order chi connectivity index (χ0) is 13.7. The summed E-state index contributed by atoms with van der Waals surface area (Å²) in [7, 11) is 0. The van der Waals surface area contributed by atoms with E-state index in [0.29, 0.717) is 0 Å². The van der Waals surface area contributed by atoms with Crippen LogP contribution in [0.1, 0.15) is 33.1 Å². The van der Waals surface area contributed by atoms with Gasteiger partial charge in [0.15, 0.2) is 0 Å². The maximum absolute atomic E-state index is 5.68. The van der Waals surface area contributed by atoms with E-state index < -0.39 is 0 Å². The van der Waals surface area contributed by atoms with Crippen molar-refractivity contribution < 1.29 is 4.74 Å². The average Bonchev–Trinajstić information content (AvgIpc) is 2.40. The van der Waals surface area contributed by atoms with Gasteiger partial charge in [0.2, 0.25) is 0 Å². The highest BCUT2D eigenvalue weighted by atomic mass is 16.5. The molecule has 0 radical (unpaired) electrons. The van der Waals surface area contributed by atoms with Gasteiger partial charge in [-0.15, -0.1) is 0 Å². The smallest absolute Gasteiger partial charge is 0.119 e. The van der Waals surface area contributed by atoms with E-state index in [-0.39, 0.29) is 6.10 Å². The topological polar surface area (TPSA) is 38.5 Å². The third-order valence-electron chi connectivity index (χ3n) is 3.67. The van der Waals surface area contributed by atoms with Crippen molar-refractivity contribution >= 4 is 5.69 Å². The predicted molar refractivity (Wildman–Crippen MR) is 80.8 cm³/mol. The number of nitrogens with two attached hydrogens (primary N) is 1. The highest BCUT2D eigenvalue weighted by molar-refractivity contribution is 5.49. The first-order valence-electron chi connectivity index (χ1n) is 7.40. The van der Waals surface area contributed by atoms with Gasteiger partial charge in [0, 0.05) is 18.8 Å². The fourth-order valence-electron chi connectivity index (χ4n) is 2.78. The first kappa shape index (κ1) is 14.2. The second-order valence-corrected chi connectivity index (χ2v) is 5.69. The minimum atomic E-state index is 0.231. The Morgan fingerprint density at radius 3 is 2.68 bits per heavy atom. The molecule has 1 atom stereocenters. The number of rotatable bonds is 5. The molecule has 1 aromatic rings. The van der Waals surface area contributed by atoms with Gasteiger partial charge in [0.25, 0.3) is 0 Å². The zero-order valence-electron chi connectivity index (χ0n) is 12.1. The molecule has 19 heavy (non-hydrogen) atoms. The molecular formula is C16H26N2O. The quantitative estimate of drug-likeness (QED) is 0.886. The van der Waals surface area contributed by atoms with Crippen LogP contribution < -0.4 is 15.4 Å². The molecule has 2 N–H and O–H groups in total. The van der Waals surface area contributed by atoms with Crippen molar-refractivity contribution in [3.8, 4) is 5.75 Å². The van der Waals surface area contributed by atoms with Crippen molar-refractivity contribution in [1.82, 2.24) is 0 Å². The molecule has 0 saturated carbocycles. The fourth-order valence-corrected chi connectivity index (χ4v) is 2.78. The number of benzene rings is 1. The molecule has 1 aliphatic heterocycles. The molecule has 1 heterocycles. The molecule has 0 spiro atoms. The Bertz CT molecular complexity index is 373. The molecule has 2 rings (SSSR count). The summed E-state index contributed by atoms with van der Waals surface area (Å²) in [6.45, 7) is 7.21. The Hall–Kier alpha value is -1.22. The van der Waals surface area contributed by atoms with E-state index >= 15 is 0 Å². The lowest BCUT2D eigenvalue weighted by Gasteiger charge is -2.34. The lowest BCUT2D eigenvalue weighted by molar-refractivity contribution is 0.242. The number of nitrogens with zero attached hydrogens (tertiary/aromatic N) is 1. The van der Waals surface area contributed by atoms with Gasteiger partial charge in [-0.1, -0.05) is 0 Å². The molecule has 1 aliphatic rings. The molecule has 1 fully saturated rings. The van der Waals surface area contributed by atoms with Crippen LogP contribution in [-0.2, 0) is 0 Å². The van der Waals surface area contributed by atoms with Gasteiger partial charge in [0.1, 0.15) is 5.75 Å². The Morgan fingerprint density at radius 1 is 1.32 bits per heavy atom. The van der Waals surface area contributed by atoms with Crippen molar-refractivity contribution in [1.29, 1.82) is 0 Å². The number of hydrogen-bond donors (Lipinski definition) is 1. The Balaban J connectivity index is 1.97. The van der Waals surface area contributed by atoms with Gasteiger partial charge in [0.05, 0.1) is 6.10 Å². The number of anilines is 1. The van der Waals surface area contributed by atoms with E-state index in [1.165, 1.54) is 18.5 Å². The van der Waals surface area contributed by atoms with E-state index in [1.807, 2.05) is 0 Å². The molecule has 0 aromatic heterocycles. The highest BCUT2D eigenvalue weighted by Crippen LogP contribution is 2.26. The molecule has 0 aliphatic carbocycles. The second-order valence-electron chi connectivity index (χ2n) is 5.69. The maximum Gasteiger partial charge on any atom is 0.119 e. The van der Waals surface area contributed by atoms with Crippen molar-refractivity contribution in [2.45, 2.75) is 39.2 Å². The molecule has 3 nitrogen and oxygen atoms in total. The lowest BCUT2D eigenvalue weighted by Crippen LogP contribution is -2.36. The monoisotopic (exact) mass is 262 g/mol. The maximum atomic E-state index is 5.68. The number of hydrogen-bond acceptors (Lipinski definition) is 3. The summed E-state index contributed by atoms with van der Waals surface area (Å²) < 4.78 is 5.68. The Morgan fingerprint density at radius 2 is 2.05 bits per heavy atom. The standard InChI is InChI=1S/C16H26N2O/c1-13(2)19-16-7-5-15(6-8-16)18-11-3-4-14(12-18)9-10-17/h5-8,13-14H,3-4,9-12,17H2,1-2H3. The van der Waals surface area contributed by atoms with E-state index in [0.717, 1.165) is 37.7 Å². The van der Waals surface area contributed by atoms with Crippen LogP contribution in [0.25, 0.3) is 0 Å². The van der Waals surface area contributed by atoms with Crippen LogP contribution in [0.3, 0.4) is 0 Å². The summed E-state index contributed by atoms with van der Waals surface area (Å²) in [5, 5.41) is 0. The molecule has 106 valence electrons. The van der Waals surface area contributed by atoms with Gasteiger partial charge in [-0.3, -0.25) is 0 Å². The summed E-state index contributed by atoms with van der Waals surface area (Å²) in [6, 6.07) is 8.48. The third-order valence-corrected chi connectivity index (χ3v) is 3.67. The van der Waals surface area contributed by atoms with Crippen molar-refractivity contribution in [3.63, 3.8) is 0 Å². The van der Waals surface area contributed by atoms with Crippen LogP contribution >= 0.6 is 0 Å². The van der Waals surface area contributed by atoms with Crippen molar-refractivity contribution in [2.24, 2.45) is 11.7 Å². The van der Waals surface area contributed by atoms with Crippen LogP contribution in [0.5, 0.6) is 5.75 Å². The van der Waals surface area contributed by atoms with Gasteiger partial charge < -0.3 is 15.4 Å². The molecule has 0 amide bonds. The van der Waals surface area contributed by atoms with Crippen LogP contribution in [0.15, 0.2) is 24.3 Å². The summed E-state index contributed by atoms with van der Waals surface area (Å²) in [4.78, 5) is 2.48. The van der Waals surface area contributed by atoms with E-state index in [1.54, 1.807) is 0 Å². The van der Waals surface area contributed by atoms with E-state index in [9.17, 15) is 0 Å². The van der Waals surface area contributed by atoms with E-state index in [2.05, 4.69) is 43.0 Å². The molecule has 1 saturated heterocycles. The predicted octanol–water partition coefficient (Wildman–Crippen LogP) is 3.04. The molecular weight excluding hydrogens is 236 g/mol. The lowest BCUT2D eigenvalue weighted by atomic mass is 9.94. The number of ether oxygens (including phenoxy) is 1. The minimum Gasteiger partial charge on any atom is -0.491 e. The van der Waals surface area contributed by atoms with Crippen molar-refractivity contribution in [2.75, 3.05) is 24.5 Å². The van der Waals surface area contributed by atoms with Crippen LogP contribution in [0.4, 0.5) is 5.69 Å². The van der Waals surface area contributed by atoms with Gasteiger partial charge >= 0.3 is 0 Å². The summed E-state index contributed by atoms with van der Waals surface area (Å²) in [5.41, 5.74) is 6.98.